The summed E-state index contributed by atoms with van der Waals surface area (Å²) in [5.74, 6) is 0.0511. The zero-order valence-electron chi connectivity index (χ0n) is 11.0. The van der Waals surface area contributed by atoms with Crippen LogP contribution in [0.2, 0.25) is 0 Å². The molecule has 20 heavy (non-hydrogen) atoms. The van der Waals surface area contributed by atoms with Crippen LogP contribution < -0.4 is 10.1 Å². The summed E-state index contributed by atoms with van der Waals surface area (Å²) >= 11 is 0. The van der Waals surface area contributed by atoms with Crippen LogP contribution >= 0.6 is 0 Å². The number of nitrogens with zero attached hydrogens (tertiary/aromatic N) is 1. The number of benzene rings is 1. The molecule has 0 heterocycles. The number of ether oxygens (including phenoxy) is 1. The van der Waals surface area contributed by atoms with E-state index in [4.69, 9.17) is 9.84 Å². The molecule has 1 aliphatic carbocycles. The molecule has 2 rings (SSSR count). The number of nitro groups is 1. The average Bonchev–Trinajstić information content (AvgIpc) is 2.41. The molecule has 1 aliphatic rings. The zero-order chi connectivity index (χ0) is 14.7. The molecule has 7 nitrogen and oxygen atoms in total. The van der Waals surface area contributed by atoms with Crippen LogP contribution in [-0.2, 0) is 0 Å². The van der Waals surface area contributed by atoms with Crippen molar-refractivity contribution in [3.8, 4) is 5.75 Å². The first kappa shape index (κ1) is 14.3. The van der Waals surface area contributed by atoms with Gasteiger partial charge in [0.1, 0.15) is 0 Å². The summed E-state index contributed by atoms with van der Waals surface area (Å²) in [4.78, 5) is 22.1. The SMILES string of the molecule is COc1cc(C(=O)NCC2CC(O)C2)ccc1[N+](=O)[O-]. The van der Waals surface area contributed by atoms with Gasteiger partial charge < -0.3 is 15.2 Å². The molecular formula is C13H16N2O5. The van der Waals surface area contributed by atoms with Crippen molar-refractivity contribution in [2.75, 3.05) is 13.7 Å². The highest BCUT2D eigenvalue weighted by Crippen LogP contribution is 2.28. The minimum Gasteiger partial charge on any atom is -0.490 e. The third-order valence-electron chi connectivity index (χ3n) is 3.40. The molecule has 1 aromatic carbocycles. The fourth-order valence-corrected chi connectivity index (χ4v) is 2.18. The second kappa shape index (κ2) is 5.87. The van der Waals surface area contributed by atoms with E-state index in [1.54, 1.807) is 0 Å². The van der Waals surface area contributed by atoms with Crippen LogP contribution in [0.5, 0.6) is 5.75 Å². The normalized spacial score (nSPS) is 20.9. The Morgan fingerprint density at radius 3 is 2.80 bits per heavy atom. The lowest BCUT2D eigenvalue weighted by Crippen LogP contribution is -2.38. The fourth-order valence-electron chi connectivity index (χ4n) is 2.18. The third kappa shape index (κ3) is 3.05. The molecule has 0 unspecified atom stereocenters. The van der Waals surface area contributed by atoms with Gasteiger partial charge in [-0.15, -0.1) is 0 Å². The largest absolute Gasteiger partial charge is 0.490 e. The third-order valence-corrected chi connectivity index (χ3v) is 3.40. The fraction of sp³-hybridized carbons (Fsp3) is 0.462. The van der Waals surface area contributed by atoms with Gasteiger partial charge in [0.05, 0.1) is 18.1 Å². The van der Waals surface area contributed by atoms with Crippen LogP contribution in [0.15, 0.2) is 18.2 Å². The van der Waals surface area contributed by atoms with E-state index in [0.29, 0.717) is 30.9 Å². The Hall–Kier alpha value is -2.15. The van der Waals surface area contributed by atoms with Crippen LogP contribution in [-0.4, -0.2) is 35.7 Å². The van der Waals surface area contributed by atoms with E-state index in [9.17, 15) is 14.9 Å². The molecule has 0 spiro atoms. The minimum atomic E-state index is -0.559. The van der Waals surface area contributed by atoms with Crippen LogP contribution in [0.1, 0.15) is 23.2 Å². The number of methoxy groups -OCH3 is 1. The number of carbonyl (C=O) groups is 1. The van der Waals surface area contributed by atoms with E-state index in [0.717, 1.165) is 0 Å². The molecule has 0 bridgehead atoms. The van der Waals surface area contributed by atoms with Gasteiger partial charge >= 0.3 is 5.69 Å². The Morgan fingerprint density at radius 2 is 2.25 bits per heavy atom. The Labute approximate surface area is 115 Å². The van der Waals surface area contributed by atoms with Gasteiger partial charge in [-0.05, 0) is 24.8 Å². The summed E-state index contributed by atoms with van der Waals surface area (Å²) in [6, 6.07) is 4.00. The van der Waals surface area contributed by atoms with Crippen LogP contribution in [0.4, 0.5) is 5.69 Å². The first-order valence-electron chi connectivity index (χ1n) is 6.30. The minimum absolute atomic E-state index is 0.0571. The van der Waals surface area contributed by atoms with Crippen molar-refractivity contribution in [2.24, 2.45) is 5.92 Å². The highest BCUT2D eigenvalue weighted by Gasteiger charge is 2.27. The number of amides is 1. The predicted molar refractivity (Wildman–Crippen MR) is 70.7 cm³/mol. The van der Waals surface area contributed by atoms with Crippen molar-refractivity contribution in [3.05, 3.63) is 33.9 Å². The van der Waals surface area contributed by atoms with Gasteiger partial charge in [-0.2, -0.15) is 0 Å². The van der Waals surface area contributed by atoms with E-state index in [1.165, 1.54) is 25.3 Å². The highest BCUT2D eigenvalue weighted by molar-refractivity contribution is 5.95. The molecule has 1 fully saturated rings. The molecule has 1 saturated carbocycles. The molecule has 0 atom stereocenters. The molecule has 7 heteroatoms. The number of hydrogen-bond acceptors (Lipinski definition) is 5. The number of nitro benzene ring substituents is 1. The van der Waals surface area contributed by atoms with E-state index in [-0.39, 0.29) is 23.4 Å². The Balaban J connectivity index is 2.00. The molecule has 0 saturated heterocycles. The van der Waals surface area contributed by atoms with Gasteiger partial charge in [0.15, 0.2) is 5.75 Å². The molecule has 1 aromatic rings. The van der Waals surface area contributed by atoms with E-state index in [2.05, 4.69) is 5.32 Å². The zero-order valence-corrected chi connectivity index (χ0v) is 11.0. The van der Waals surface area contributed by atoms with Gasteiger partial charge in [-0.1, -0.05) is 0 Å². The second-order valence-corrected chi connectivity index (χ2v) is 4.85. The van der Waals surface area contributed by atoms with Gasteiger partial charge in [0.2, 0.25) is 0 Å². The summed E-state index contributed by atoms with van der Waals surface area (Å²) in [7, 11) is 1.32. The van der Waals surface area contributed by atoms with Crippen molar-refractivity contribution in [1.29, 1.82) is 0 Å². The van der Waals surface area contributed by atoms with Gasteiger partial charge in [-0.25, -0.2) is 0 Å². The monoisotopic (exact) mass is 280 g/mol. The summed E-state index contributed by atoms with van der Waals surface area (Å²) in [5.41, 5.74) is 0.137. The highest BCUT2D eigenvalue weighted by atomic mass is 16.6. The maximum absolute atomic E-state index is 11.9. The number of rotatable bonds is 5. The van der Waals surface area contributed by atoms with Crippen molar-refractivity contribution in [1.82, 2.24) is 5.32 Å². The Kier molecular flexibility index (Phi) is 4.19. The summed E-state index contributed by atoms with van der Waals surface area (Å²) in [6.07, 6.45) is 1.14. The standard InChI is InChI=1S/C13H16N2O5/c1-20-12-6-9(2-3-11(12)15(18)19)13(17)14-7-8-4-10(16)5-8/h2-3,6,8,10,16H,4-5,7H2,1H3,(H,14,17). The lowest BCUT2D eigenvalue weighted by atomic mass is 9.82. The summed E-state index contributed by atoms with van der Waals surface area (Å²) < 4.78 is 4.91. The van der Waals surface area contributed by atoms with Gasteiger partial charge in [-0.3, -0.25) is 14.9 Å². The molecule has 0 radical (unpaired) electrons. The van der Waals surface area contributed by atoms with Crippen LogP contribution in [0.3, 0.4) is 0 Å². The molecule has 2 N–H and O–H groups in total. The van der Waals surface area contributed by atoms with Gasteiger partial charge in [0.25, 0.3) is 5.91 Å². The average molecular weight is 280 g/mol. The van der Waals surface area contributed by atoms with Crippen molar-refractivity contribution >= 4 is 11.6 Å². The molecule has 0 aliphatic heterocycles. The van der Waals surface area contributed by atoms with Crippen LogP contribution in [0, 0.1) is 16.0 Å². The van der Waals surface area contributed by atoms with E-state index < -0.39 is 4.92 Å². The second-order valence-electron chi connectivity index (χ2n) is 4.85. The van der Waals surface area contributed by atoms with Gasteiger partial charge in [0, 0.05) is 24.2 Å². The first-order valence-corrected chi connectivity index (χ1v) is 6.30. The Morgan fingerprint density at radius 1 is 1.55 bits per heavy atom. The van der Waals surface area contributed by atoms with E-state index in [1.807, 2.05) is 0 Å². The van der Waals surface area contributed by atoms with Crippen molar-refractivity contribution in [3.63, 3.8) is 0 Å². The smallest absolute Gasteiger partial charge is 0.310 e. The number of nitrogens with one attached hydrogen (secondary N) is 1. The van der Waals surface area contributed by atoms with Crippen LogP contribution in [0.25, 0.3) is 0 Å². The number of hydrogen-bond donors (Lipinski definition) is 2. The summed E-state index contributed by atoms with van der Waals surface area (Å²) in [6.45, 7) is 0.495. The lowest BCUT2D eigenvalue weighted by molar-refractivity contribution is -0.385. The molecule has 1 amide bonds. The number of aliphatic hydroxyl groups is 1. The molecule has 0 aromatic heterocycles. The maximum atomic E-state index is 11.9. The number of aliphatic hydroxyl groups excluding tert-OH is 1. The predicted octanol–water partition coefficient (Wildman–Crippen LogP) is 1.10. The topological polar surface area (TPSA) is 102 Å². The maximum Gasteiger partial charge on any atom is 0.310 e. The number of carbonyl (C=O) groups excluding carboxylic acids is 1. The summed E-state index contributed by atoms with van der Waals surface area (Å²) in [5, 5.41) is 22.7. The van der Waals surface area contributed by atoms with Crippen molar-refractivity contribution < 1.29 is 19.6 Å². The quantitative estimate of drug-likeness (QED) is 0.621. The lowest BCUT2D eigenvalue weighted by Gasteiger charge is -2.31. The Bertz CT molecular complexity index is 525. The molecule has 108 valence electrons. The first-order chi connectivity index (χ1) is 9.51. The van der Waals surface area contributed by atoms with E-state index >= 15 is 0 Å². The van der Waals surface area contributed by atoms with Crippen molar-refractivity contribution in [2.45, 2.75) is 18.9 Å². The molecular weight excluding hydrogens is 264 g/mol.